The highest BCUT2D eigenvalue weighted by Crippen LogP contribution is 2.24. The zero-order valence-corrected chi connectivity index (χ0v) is 15.5. The molecule has 0 aliphatic rings. The maximum Gasteiger partial charge on any atom is 0.179 e. The molecule has 6 nitrogen and oxygen atoms in total. The van der Waals surface area contributed by atoms with E-state index in [1.54, 1.807) is 20.4 Å². The zero-order valence-electron chi connectivity index (χ0n) is 15.5. The van der Waals surface area contributed by atoms with Gasteiger partial charge in [-0.15, -0.1) is 0 Å². The van der Waals surface area contributed by atoms with Crippen molar-refractivity contribution >= 4 is 11.2 Å². The summed E-state index contributed by atoms with van der Waals surface area (Å²) in [5.74, 6) is 1.52. The number of aryl methyl sites for hydroxylation is 1. The molecule has 0 amide bonds. The van der Waals surface area contributed by atoms with E-state index in [1.807, 2.05) is 60.4 Å². The van der Waals surface area contributed by atoms with Gasteiger partial charge in [-0.05, 0) is 35.9 Å². The average molecular weight is 360 g/mol. The van der Waals surface area contributed by atoms with Gasteiger partial charge in [-0.3, -0.25) is 4.98 Å². The third-order valence-corrected chi connectivity index (χ3v) is 4.39. The van der Waals surface area contributed by atoms with Crippen molar-refractivity contribution in [2.75, 3.05) is 14.2 Å². The molecule has 0 saturated heterocycles. The molecule has 3 heterocycles. The topological polar surface area (TPSA) is 62.1 Å². The number of hydrogen-bond donors (Lipinski definition) is 0. The van der Waals surface area contributed by atoms with Crippen LogP contribution in [0.3, 0.4) is 0 Å². The maximum absolute atomic E-state index is 5.35. The zero-order chi connectivity index (χ0) is 18.8. The number of fused-ring (bicyclic) bond motifs is 1. The van der Waals surface area contributed by atoms with Crippen LogP contribution in [-0.4, -0.2) is 33.7 Å². The molecule has 1 aromatic carbocycles. The lowest BCUT2D eigenvalue weighted by atomic mass is 10.1. The molecule has 136 valence electrons. The van der Waals surface area contributed by atoms with Crippen LogP contribution in [0.25, 0.3) is 22.4 Å². The Morgan fingerprint density at radius 3 is 2.41 bits per heavy atom. The molecular formula is C21H20N4O2. The Kier molecular flexibility index (Phi) is 4.46. The predicted octanol–water partition coefficient (Wildman–Crippen LogP) is 3.64. The second kappa shape index (κ2) is 7.07. The fraction of sp³-hybridized carbons (Fsp3) is 0.190. The Morgan fingerprint density at radius 1 is 0.963 bits per heavy atom. The van der Waals surface area contributed by atoms with Crippen LogP contribution >= 0.6 is 0 Å². The molecule has 0 saturated carbocycles. The van der Waals surface area contributed by atoms with Gasteiger partial charge >= 0.3 is 0 Å². The van der Waals surface area contributed by atoms with E-state index in [2.05, 4.69) is 4.98 Å². The van der Waals surface area contributed by atoms with Crippen LogP contribution in [-0.2, 0) is 13.5 Å². The minimum atomic E-state index is 0.642. The van der Waals surface area contributed by atoms with Crippen molar-refractivity contribution in [1.29, 1.82) is 0 Å². The summed E-state index contributed by atoms with van der Waals surface area (Å²) >= 11 is 0. The Balaban J connectivity index is 1.68. The van der Waals surface area contributed by atoms with Crippen LogP contribution in [0, 0.1) is 0 Å². The second-order valence-electron chi connectivity index (χ2n) is 6.36. The van der Waals surface area contributed by atoms with Gasteiger partial charge in [0.25, 0.3) is 0 Å². The lowest BCUT2D eigenvalue weighted by molar-refractivity contribution is 0.393. The van der Waals surface area contributed by atoms with Gasteiger partial charge in [-0.2, -0.15) is 0 Å². The van der Waals surface area contributed by atoms with Crippen molar-refractivity contribution in [3.8, 4) is 22.8 Å². The molecule has 0 bridgehead atoms. The Hall–Kier alpha value is -3.41. The van der Waals surface area contributed by atoms with Crippen LogP contribution in [0.15, 0.2) is 55.0 Å². The van der Waals surface area contributed by atoms with Crippen molar-refractivity contribution in [3.05, 3.63) is 66.2 Å². The first kappa shape index (κ1) is 17.0. The molecule has 3 aromatic heterocycles. The van der Waals surface area contributed by atoms with E-state index in [0.717, 1.165) is 39.5 Å². The van der Waals surface area contributed by atoms with Crippen LogP contribution < -0.4 is 9.47 Å². The molecule has 6 heteroatoms. The number of methoxy groups -OCH3 is 2. The van der Waals surface area contributed by atoms with Gasteiger partial charge in [0.05, 0.1) is 26.1 Å². The third kappa shape index (κ3) is 3.60. The van der Waals surface area contributed by atoms with Crippen molar-refractivity contribution in [1.82, 2.24) is 19.5 Å². The van der Waals surface area contributed by atoms with Crippen molar-refractivity contribution < 1.29 is 9.47 Å². The molecule has 0 unspecified atom stereocenters. The minimum Gasteiger partial charge on any atom is -0.497 e. The molecule has 4 rings (SSSR count). The highest BCUT2D eigenvalue weighted by Gasteiger charge is 2.08. The highest BCUT2D eigenvalue weighted by atomic mass is 16.5. The summed E-state index contributed by atoms with van der Waals surface area (Å²) < 4.78 is 12.7. The van der Waals surface area contributed by atoms with Crippen LogP contribution in [0.2, 0.25) is 0 Å². The normalized spacial score (nSPS) is 10.9. The average Bonchev–Trinajstić information content (AvgIpc) is 3.13. The molecule has 27 heavy (non-hydrogen) atoms. The van der Waals surface area contributed by atoms with Crippen LogP contribution in [0.5, 0.6) is 11.5 Å². The summed E-state index contributed by atoms with van der Waals surface area (Å²) in [4.78, 5) is 13.9. The highest BCUT2D eigenvalue weighted by molar-refractivity contribution is 5.73. The summed E-state index contributed by atoms with van der Waals surface area (Å²) in [6.45, 7) is 0. The molecule has 0 aliphatic carbocycles. The number of nitrogens with zero attached hydrogens (tertiary/aromatic N) is 4. The van der Waals surface area contributed by atoms with Crippen molar-refractivity contribution in [2.24, 2.45) is 7.05 Å². The number of rotatable bonds is 5. The molecule has 0 aliphatic heterocycles. The monoisotopic (exact) mass is 360 g/mol. The molecule has 0 N–H and O–H groups in total. The molecular weight excluding hydrogens is 340 g/mol. The third-order valence-electron chi connectivity index (χ3n) is 4.39. The van der Waals surface area contributed by atoms with Crippen molar-refractivity contribution in [2.45, 2.75) is 6.42 Å². The molecule has 4 aromatic rings. The van der Waals surface area contributed by atoms with Gasteiger partial charge in [0.15, 0.2) is 5.65 Å². The van der Waals surface area contributed by atoms with E-state index < -0.39 is 0 Å². The summed E-state index contributed by atoms with van der Waals surface area (Å²) in [6.07, 6.45) is 6.44. The van der Waals surface area contributed by atoms with E-state index >= 15 is 0 Å². The van der Waals surface area contributed by atoms with E-state index in [0.29, 0.717) is 12.1 Å². The first-order valence-electron chi connectivity index (χ1n) is 8.61. The molecule has 0 spiro atoms. The van der Waals surface area contributed by atoms with Gasteiger partial charge in [0, 0.05) is 43.2 Å². The fourth-order valence-electron chi connectivity index (χ4n) is 3.01. The van der Waals surface area contributed by atoms with Crippen molar-refractivity contribution in [3.63, 3.8) is 0 Å². The predicted molar refractivity (Wildman–Crippen MR) is 104 cm³/mol. The largest absolute Gasteiger partial charge is 0.497 e. The minimum absolute atomic E-state index is 0.642. The quantitative estimate of drug-likeness (QED) is 0.544. The molecule has 0 radical (unpaired) electrons. The summed E-state index contributed by atoms with van der Waals surface area (Å²) in [6, 6.07) is 11.8. The van der Waals surface area contributed by atoms with E-state index in [1.165, 1.54) is 0 Å². The van der Waals surface area contributed by atoms with E-state index in [9.17, 15) is 0 Å². The van der Waals surface area contributed by atoms with Gasteiger partial charge < -0.3 is 14.0 Å². The Morgan fingerprint density at radius 2 is 1.74 bits per heavy atom. The van der Waals surface area contributed by atoms with Gasteiger partial charge in [-0.25, -0.2) is 9.97 Å². The number of benzene rings is 1. The maximum atomic E-state index is 5.35. The number of ether oxygens (including phenoxy) is 2. The number of hydrogen-bond acceptors (Lipinski definition) is 5. The lowest BCUT2D eigenvalue weighted by Gasteiger charge is -2.09. The standard InChI is InChI=1S/C21H20N4O2/c1-25-7-6-15(13-25)20-12-22-19-5-4-16(23-21(19)24-20)8-14-9-17(26-2)11-18(10-14)27-3/h4-7,9-13H,8H2,1-3H3. The number of pyridine rings is 1. The lowest BCUT2D eigenvalue weighted by Crippen LogP contribution is -1.98. The second-order valence-corrected chi connectivity index (χ2v) is 6.36. The molecule has 0 fully saturated rings. The molecule has 0 atom stereocenters. The van der Waals surface area contributed by atoms with Gasteiger partial charge in [-0.1, -0.05) is 0 Å². The summed E-state index contributed by atoms with van der Waals surface area (Å²) in [5, 5.41) is 0. The fourth-order valence-corrected chi connectivity index (χ4v) is 3.01. The summed E-state index contributed by atoms with van der Waals surface area (Å²) in [5.41, 5.74) is 5.24. The first-order valence-corrected chi connectivity index (χ1v) is 8.61. The van der Waals surface area contributed by atoms with Gasteiger partial charge in [0.1, 0.15) is 17.0 Å². The van der Waals surface area contributed by atoms with Crippen LogP contribution in [0.4, 0.5) is 0 Å². The summed E-state index contributed by atoms with van der Waals surface area (Å²) in [7, 11) is 5.28. The smallest absolute Gasteiger partial charge is 0.179 e. The first-order chi connectivity index (χ1) is 13.1. The number of aromatic nitrogens is 4. The van der Waals surface area contributed by atoms with E-state index in [-0.39, 0.29) is 0 Å². The Labute approximate surface area is 157 Å². The SMILES string of the molecule is COc1cc(Cc2ccc3ncc(-c4ccn(C)c4)nc3n2)cc(OC)c1. The van der Waals surface area contributed by atoms with E-state index in [4.69, 9.17) is 19.4 Å². The van der Waals surface area contributed by atoms with Crippen LogP contribution in [0.1, 0.15) is 11.3 Å². The van der Waals surface area contributed by atoms with Gasteiger partial charge in [0.2, 0.25) is 0 Å². The Bertz CT molecular complexity index is 1080.